The molecule has 1 rings (SSSR count). The van der Waals surface area contributed by atoms with Crippen molar-refractivity contribution in [2.24, 2.45) is 0 Å². The third-order valence-electron chi connectivity index (χ3n) is 2.57. The second kappa shape index (κ2) is 6.23. The van der Waals surface area contributed by atoms with Crippen molar-refractivity contribution >= 4 is 28.9 Å². The van der Waals surface area contributed by atoms with Gasteiger partial charge in [0.25, 0.3) is 0 Å². The van der Waals surface area contributed by atoms with Gasteiger partial charge in [0.2, 0.25) is 0 Å². The highest BCUT2D eigenvalue weighted by Crippen LogP contribution is 2.29. The van der Waals surface area contributed by atoms with E-state index in [0.717, 1.165) is 10.9 Å². The molecule has 0 saturated heterocycles. The summed E-state index contributed by atoms with van der Waals surface area (Å²) in [5, 5.41) is 8.55. The van der Waals surface area contributed by atoms with Crippen LogP contribution in [0.15, 0.2) is 12.1 Å². The lowest BCUT2D eigenvalue weighted by atomic mass is 10.2. The summed E-state index contributed by atoms with van der Waals surface area (Å²) in [4.78, 5) is 13.7. The highest BCUT2D eigenvalue weighted by atomic mass is 35.5. The molecule has 0 aliphatic carbocycles. The molecule has 0 saturated carbocycles. The molecule has 0 aromatic carbocycles. The van der Waals surface area contributed by atoms with Gasteiger partial charge in [-0.25, -0.2) is 0 Å². The van der Waals surface area contributed by atoms with Gasteiger partial charge in [-0.05, 0) is 39.1 Å². The van der Waals surface area contributed by atoms with Crippen LogP contribution in [0.1, 0.15) is 30.7 Å². The fourth-order valence-corrected chi connectivity index (χ4v) is 2.62. The molecule has 0 aliphatic rings. The van der Waals surface area contributed by atoms with Gasteiger partial charge in [0.15, 0.2) is 0 Å². The minimum absolute atomic E-state index is 0.224. The van der Waals surface area contributed by atoms with E-state index in [4.69, 9.17) is 16.7 Å². The summed E-state index contributed by atoms with van der Waals surface area (Å²) >= 11 is 7.45. The Labute approximate surface area is 105 Å². The molecule has 90 valence electrons. The Morgan fingerprint density at radius 2 is 2.31 bits per heavy atom. The average molecular weight is 262 g/mol. The summed E-state index contributed by atoms with van der Waals surface area (Å²) in [7, 11) is 2.00. The number of rotatable bonds is 6. The number of hydrogen-bond donors (Lipinski definition) is 1. The van der Waals surface area contributed by atoms with E-state index in [0.29, 0.717) is 6.42 Å². The lowest BCUT2D eigenvalue weighted by Crippen LogP contribution is -2.23. The molecule has 1 aromatic heterocycles. The fraction of sp³-hybridized carbons (Fsp3) is 0.545. The van der Waals surface area contributed by atoms with Crippen LogP contribution in [0, 0.1) is 0 Å². The average Bonchev–Trinajstić information content (AvgIpc) is 2.63. The zero-order chi connectivity index (χ0) is 12.1. The van der Waals surface area contributed by atoms with Gasteiger partial charge in [-0.15, -0.1) is 11.3 Å². The van der Waals surface area contributed by atoms with Crippen molar-refractivity contribution in [3.05, 3.63) is 21.3 Å². The molecule has 1 heterocycles. The van der Waals surface area contributed by atoms with Crippen LogP contribution in [0.5, 0.6) is 0 Å². The molecule has 0 aliphatic heterocycles. The second-order valence-corrected chi connectivity index (χ2v) is 5.54. The van der Waals surface area contributed by atoms with Crippen molar-refractivity contribution in [2.75, 3.05) is 13.6 Å². The third-order valence-corrected chi connectivity index (χ3v) is 3.97. The standard InChI is InChI=1S/C11H16ClNO2S/c1-8(9-5-6-10(12)16-9)13(2)7-3-4-11(14)15/h5-6,8H,3-4,7H2,1-2H3,(H,14,15). The number of thiophene rings is 1. The van der Waals surface area contributed by atoms with E-state index in [1.54, 1.807) is 11.3 Å². The second-order valence-electron chi connectivity index (χ2n) is 3.80. The number of halogens is 1. The molecule has 0 amide bonds. The molecular weight excluding hydrogens is 246 g/mol. The molecule has 0 radical (unpaired) electrons. The minimum Gasteiger partial charge on any atom is -0.481 e. The van der Waals surface area contributed by atoms with Crippen molar-refractivity contribution in [1.29, 1.82) is 0 Å². The van der Waals surface area contributed by atoms with Crippen LogP contribution >= 0.6 is 22.9 Å². The van der Waals surface area contributed by atoms with Crippen LogP contribution in [-0.2, 0) is 4.79 Å². The van der Waals surface area contributed by atoms with Crippen LogP contribution < -0.4 is 0 Å². The smallest absolute Gasteiger partial charge is 0.303 e. The Morgan fingerprint density at radius 1 is 1.62 bits per heavy atom. The zero-order valence-corrected chi connectivity index (χ0v) is 11.0. The number of aliphatic carboxylic acids is 1. The maximum Gasteiger partial charge on any atom is 0.303 e. The Morgan fingerprint density at radius 3 is 2.81 bits per heavy atom. The highest BCUT2D eigenvalue weighted by molar-refractivity contribution is 7.16. The van der Waals surface area contributed by atoms with Gasteiger partial charge in [0, 0.05) is 17.3 Å². The van der Waals surface area contributed by atoms with E-state index in [1.807, 2.05) is 19.2 Å². The third kappa shape index (κ3) is 4.12. The fourth-order valence-electron chi connectivity index (χ4n) is 1.44. The van der Waals surface area contributed by atoms with Crippen LogP contribution in [-0.4, -0.2) is 29.6 Å². The van der Waals surface area contributed by atoms with Crippen LogP contribution in [0.4, 0.5) is 0 Å². The van der Waals surface area contributed by atoms with E-state index in [2.05, 4.69) is 11.8 Å². The molecule has 1 N–H and O–H groups in total. The van der Waals surface area contributed by atoms with Gasteiger partial charge < -0.3 is 5.11 Å². The molecule has 0 bridgehead atoms. The van der Waals surface area contributed by atoms with Gasteiger partial charge in [-0.2, -0.15) is 0 Å². The summed E-state index contributed by atoms with van der Waals surface area (Å²) in [6.07, 6.45) is 0.900. The Hall–Kier alpha value is -0.580. The van der Waals surface area contributed by atoms with E-state index >= 15 is 0 Å². The normalized spacial score (nSPS) is 13.0. The Balaban J connectivity index is 2.41. The molecule has 0 fully saturated rings. The first-order valence-corrected chi connectivity index (χ1v) is 6.37. The molecule has 1 aromatic rings. The molecule has 1 atom stereocenters. The maximum atomic E-state index is 10.4. The van der Waals surface area contributed by atoms with Gasteiger partial charge in [0.05, 0.1) is 4.34 Å². The lowest BCUT2D eigenvalue weighted by molar-refractivity contribution is -0.137. The van der Waals surface area contributed by atoms with Gasteiger partial charge >= 0.3 is 5.97 Å². The van der Waals surface area contributed by atoms with Crippen molar-refractivity contribution in [3.63, 3.8) is 0 Å². The largest absolute Gasteiger partial charge is 0.481 e. The molecule has 16 heavy (non-hydrogen) atoms. The summed E-state index contributed by atoms with van der Waals surface area (Å²) in [5.74, 6) is -0.736. The van der Waals surface area contributed by atoms with Crippen LogP contribution in [0.2, 0.25) is 4.34 Å². The maximum absolute atomic E-state index is 10.4. The van der Waals surface area contributed by atoms with E-state index in [1.165, 1.54) is 4.88 Å². The van der Waals surface area contributed by atoms with Gasteiger partial charge in [-0.1, -0.05) is 11.6 Å². The van der Waals surface area contributed by atoms with Gasteiger partial charge in [0.1, 0.15) is 0 Å². The van der Waals surface area contributed by atoms with E-state index in [-0.39, 0.29) is 12.5 Å². The number of carboxylic acid groups (broad SMARTS) is 1. The van der Waals surface area contributed by atoms with Crippen molar-refractivity contribution in [2.45, 2.75) is 25.8 Å². The minimum atomic E-state index is -0.736. The monoisotopic (exact) mass is 261 g/mol. The van der Waals surface area contributed by atoms with E-state index in [9.17, 15) is 4.79 Å². The number of hydrogen-bond acceptors (Lipinski definition) is 3. The summed E-state index contributed by atoms with van der Waals surface area (Å²) in [6, 6.07) is 4.19. The molecule has 0 spiro atoms. The lowest BCUT2D eigenvalue weighted by Gasteiger charge is -2.23. The number of carbonyl (C=O) groups is 1. The number of carboxylic acids is 1. The topological polar surface area (TPSA) is 40.5 Å². The quantitative estimate of drug-likeness (QED) is 0.855. The van der Waals surface area contributed by atoms with E-state index < -0.39 is 5.97 Å². The molecule has 1 unspecified atom stereocenters. The Bertz CT molecular complexity index is 354. The molecular formula is C11H16ClNO2S. The van der Waals surface area contributed by atoms with Crippen LogP contribution in [0.25, 0.3) is 0 Å². The van der Waals surface area contributed by atoms with Crippen molar-refractivity contribution < 1.29 is 9.90 Å². The van der Waals surface area contributed by atoms with Crippen molar-refractivity contribution in [3.8, 4) is 0 Å². The first kappa shape index (κ1) is 13.5. The summed E-state index contributed by atoms with van der Waals surface area (Å²) < 4.78 is 0.792. The van der Waals surface area contributed by atoms with Crippen molar-refractivity contribution in [1.82, 2.24) is 4.90 Å². The summed E-state index contributed by atoms with van der Waals surface area (Å²) in [6.45, 7) is 2.88. The summed E-state index contributed by atoms with van der Waals surface area (Å²) in [5.41, 5.74) is 0. The zero-order valence-electron chi connectivity index (χ0n) is 9.44. The first-order chi connectivity index (χ1) is 7.50. The van der Waals surface area contributed by atoms with Crippen LogP contribution in [0.3, 0.4) is 0 Å². The molecule has 3 nitrogen and oxygen atoms in total. The highest BCUT2D eigenvalue weighted by Gasteiger charge is 2.13. The predicted molar refractivity (Wildman–Crippen MR) is 67.2 cm³/mol. The predicted octanol–water partition coefficient (Wildman–Crippen LogP) is 3.26. The SMILES string of the molecule is CC(c1ccc(Cl)s1)N(C)CCCC(=O)O. The Kier molecular flexibility index (Phi) is 5.25. The first-order valence-electron chi connectivity index (χ1n) is 5.18. The number of nitrogens with zero attached hydrogens (tertiary/aromatic N) is 1. The molecule has 5 heteroatoms. The van der Waals surface area contributed by atoms with Gasteiger partial charge in [-0.3, -0.25) is 9.69 Å².